The molecule has 1 aliphatic heterocycles. The average Bonchev–Trinajstić information content (AvgIpc) is 2.84. The monoisotopic (exact) mass is 408 g/mol. The third-order valence-corrected chi connectivity index (χ3v) is 5.96. The number of carbonyl (C=O) groups is 1. The zero-order chi connectivity index (χ0) is 21.2. The summed E-state index contributed by atoms with van der Waals surface area (Å²) in [6.07, 6.45) is 0. The lowest BCUT2D eigenvalue weighted by Gasteiger charge is -2.35. The van der Waals surface area contributed by atoms with Crippen LogP contribution in [0.4, 0.5) is 5.82 Å². The highest BCUT2D eigenvalue weighted by Gasteiger charge is 2.23. The average molecular weight is 409 g/mol. The summed E-state index contributed by atoms with van der Waals surface area (Å²) in [6, 6.07) is 26.5. The summed E-state index contributed by atoms with van der Waals surface area (Å²) in [4.78, 5) is 17.0. The maximum Gasteiger partial charge on any atom is 0.254 e. The van der Waals surface area contributed by atoms with Crippen LogP contribution in [0, 0.1) is 6.92 Å². The van der Waals surface area contributed by atoms with E-state index in [1.54, 1.807) is 0 Å². The lowest BCUT2D eigenvalue weighted by molar-refractivity contribution is 0.0745. The van der Waals surface area contributed by atoms with Crippen molar-refractivity contribution in [2.45, 2.75) is 6.92 Å². The number of aromatic nitrogens is 2. The highest BCUT2D eigenvalue weighted by atomic mass is 16.2. The van der Waals surface area contributed by atoms with Crippen molar-refractivity contribution in [1.82, 2.24) is 15.1 Å². The smallest absolute Gasteiger partial charge is 0.254 e. The highest BCUT2D eigenvalue weighted by molar-refractivity contribution is 5.95. The van der Waals surface area contributed by atoms with Crippen LogP contribution in [0.25, 0.3) is 22.0 Å². The van der Waals surface area contributed by atoms with Gasteiger partial charge in [-0.2, -0.15) is 0 Å². The molecule has 5 heteroatoms. The Morgan fingerprint density at radius 3 is 2.26 bits per heavy atom. The number of fused-ring (bicyclic) bond motifs is 1. The van der Waals surface area contributed by atoms with Crippen LogP contribution in [-0.4, -0.2) is 47.2 Å². The molecule has 5 rings (SSSR count). The van der Waals surface area contributed by atoms with Gasteiger partial charge in [0.25, 0.3) is 5.91 Å². The van der Waals surface area contributed by atoms with Crippen LogP contribution < -0.4 is 4.90 Å². The summed E-state index contributed by atoms with van der Waals surface area (Å²) < 4.78 is 0. The normalized spacial score (nSPS) is 14.1. The van der Waals surface area contributed by atoms with Gasteiger partial charge < -0.3 is 9.80 Å². The number of aryl methyl sites for hydroxylation is 1. The predicted octanol–water partition coefficient (Wildman–Crippen LogP) is 4.57. The van der Waals surface area contributed by atoms with Crippen LogP contribution in [0.1, 0.15) is 15.9 Å². The first-order valence-corrected chi connectivity index (χ1v) is 10.6. The summed E-state index contributed by atoms with van der Waals surface area (Å²) in [5.74, 6) is 0.961. The van der Waals surface area contributed by atoms with E-state index in [1.807, 2.05) is 60.4 Å². The van der Waals surface area contributed by atoms with Gasteiger partial charge in [-0.3, -0.25) is 4.79 Å². The molecular formula is C26H24N4O. The molecular weight excluding hydrogens is 384 g/mol. The standard InChI is InChI=1S/C26H24N4O/c1-19-6-2-5-9-23(19)26(31)30-16-14-29(15-17-30)25-13-12-24(27-28-25)22-11-10-20-7-3-4-8-21(20)18-22/h2-13,18H,14-17H2,1H3. The molecule has 3 aromatic carbocycles. The van der Waals surface area contributed by atoms with E-state index in [9.17, 15) is 4.79 Å². The first kappa shape index (κ1) is 19.2. The van der Waals surface area contributed by atoms with Gasteiger partial charge in [0, 0.05) is 37.3 Å². The molecule has 5 nitrogen and oxygen atoms in total. The van der Waals surface area contributed by atoms with Gasteiger partial charge in [0.1, 0.15) is 0 Å². The van der Waals surface area contributed by atoms with Crippen molar-refractivity contribution in [1.29, 1.82) is 0 Å². The molecule has 0 unspecified atom stereocenters. The van der Waals surface area contributed by atoms with E-state index < -0.39 is 0 Å². The van der Waals surface area contributed by atoms with Crippen molar-refractivity contribution in [3.05, 3.63) is 90.0 Å². The van der Waals surface area contributed by atoms with E-state index in [0.29, 0.717) is 13.1 Å². The molecule has 31 heavy (non-hydrogen) atoms. The number of rotatable bonds is 3. The van der Waals surface area contributed by atoms with Crippen molar-refractivity contribution in [2.75, 3.05) is 31.1 Å². The van der Waals surface area contributed by atoms with Crippen molar-refractivity contribution in [3.63, 3.8) is 0 Å². The summed E-state index contributed by atoms with van der Waals surface area (Å²) in [5, 5.41) is 11.4. The maximum absolute atomic E-state index is 12.8. The summed E-state index contributed by atoms with van der Waals surface area (Å²) >= 11 is 0. The maximum atomic E-state index is 12.8. The molecule has 1 saturated heterocycles. The molecule has 1 aliphatic rings. The Hall–Kier alpha value is -3.73. The molecule has 4 aromatic rings. The predicted molar refractivity (Wildman–Crippen MR) is 124 cm³/mol. The van der Waals surface area contributed by atoms with Crippen molar-refractivity contribution in [3.8, 4) is 11.3 Å². The topological polar surface area (TPSA) is 49.3 Å². The second-order valence-electron chi connectivity index (χ2n) is 7.93. The van der Waals surface area contributed by atoms with Gasteiger partial charge in [-0.05, 0) is 47.5 Å². The highest BCUT2D eigenvalue weighted by Crippen LogP contribution is 2.24. The Morgan fingerprint density at radius 2 is 1.52 bits per heavy atom. The molecule has 0 spiro atoms. The summed E-state index contributed by atoms with van der Waals surface area (Å²) in [7, 11) is 0. The fourth-order valence-corrected chi connectivity index (χ4v) is 4.12. The molecule has 0 radical (unpaired) electrons. The van der Waals surface area contributed by atoms with Gasteiger partial charge in [-0.15, -0.1) is 10.2 Å². The Balaban J connectivity index is 1.27. The first-order valence-electron chi connectivity index (χ1n) is 10.6. The second-order valence-corrected chi connectivity index (χ2v) is 7.93. The van der Waals surface area contributed by atoms with E-state index >= 15 is 0 Å². The zero-order valence-corrected chi connectivity index (χ0v) is 17.5. The van der Waals surface area contributed by atoms with Gasteiger partial charge >= 0.3 is 0 Å². The van der Waals surface area contributed by atoms with E-state index in [4.69, 9.17) is 0 Å². The van der Waals surface area contributed by atoms with Crippen LogP contribution in [0.3, 0.4) is 0 Å². The molecule has 0 bridgehead atoms. The summed E-state index contributed by atoms with van der Waals surface area (Å²) in [6.45, 7) is 4.85. The van der Waals surface area contributed by atoms with Crippen LogP contribution in [0.5, 0.6) is 0 Å². The number of carbonyl (C=O) groups excluding carboxylic acids is 1. The number of benzene rings is 3. The van der Waals surface area contributed by atoms with Crippen molar-refractivity contribution < 1.29 is 4.79 Å². The molecule has 1 fully saturated rings. The van der Waals surface area contributed by atoms with Crippen LogP contribution in [0.2, 0.25) is 0 Å². The number of nitrogens with zero attached hydrogens (tertiary/aromatic N) is 4. The van der Waals surface area contributed by atoms with E-state index in [2.05, 4.69) is 45.4 Å². The Morgan fingerprint density at radius 1 is 0.774 bits per heavy atom. The van der Waals surface area contributed by atoms with E-state index in [-0.39, 0.29) is 5.91 Å². The van der Waals surface area contributed by atoms with Gasteiger partial charge in [-0.1, -0.05) is 54.6 Å². The Labute approximate surface area is 182 Å². The minimum Gasteiger partial charge on any atom is -0.352 e. The van der Waals surface area contributed by atoms with Gasteiger partial charge in [0.2, 0.25) is 0 Å². The lowest BCUT2D eigenvalue weighted by atomic mass is 10.1. The largest absolute Gasteiger partial charge is 0.352 e. The fraction of sp³-hybridized carbons (Fsp3) is 0.192. The van der Waals surface area contributed by atoms with E-state index in [1.165, 1.54) is 10.8 Å². The van der Waals surface area contributed by atoms with Gasteiger partial charge in [0.15, 0.2) is 5.82 Å². The fourth-order valence-electron chi connectivity index (χ4n) is 4.12. The number of piperazine rings is 1. The molecule has 0 atom stereocenters. The molecule has 0 N–H and O–H groups in total. The summed E-state index contributed by atoms with van der Waals surface area (Å²) in [5.41, 5.74) is 3.73. The van der Waals surface area contributed by atoms with Crippen molar-refractivity contribution >= 4 is 22.5 Å². The molecule has 1 amide bonds. The van der Waals surface area contributed by atoms with Crippen molar-refractivity contribution in [2.24, 2.45) is 0 Å². The van der Waals surface area contributed by atoms with Crippen LogP contribution >= 0.6 is 0 Å². The zero-order valence-electron chi connectivity index (χ0n) is 17.5. The molecule has 2 heterocycles. The Kier molecular flexibility index (Phi) is 5.08. The van der Waals surface area contributed by atoms with Gasteiger partial charge in [-0.25, -0.2) is 0 Å². The molecule has 0 aliphatic carbocycles. The second kappa shape index (κ2) is 8.19. The number of anilines is 1. The molecule has 1 aromatic heterocycles. The number of hydrogen-bond donors (Lipinski definition) is 0. The first-order chi connectivity index (χ1) is 15.2. The number of hydrogen-bond acceptors (Lipinski definition) is 4. The third-order valence-electron chi connectivity index (χ3n) is 5.96. The minimum absolute atomic E-state index is 0.107. The van der Waals surface area contributed by atoms with E-state index in [0.717, 1.165) is 41.3 Å². The minimum atomic E-state index is 0.107. The molecule has 154 valence electrons. The molecule has 0 saturated carbocycles. The third kappa shape index (κ3) is 3.87. The van der Waals surface area contributed by atoms with Crippen LogP contribution in [0.15, 0.2) is 78.9 Å². The SMILES string of the molecule is Cc1ccccc1C(=O)N1CCN(c2ccc(-c3ccc4ccccc4c3)nn2)CC1. The lowest BCUT2D eigenvalue weighted by Crippen LogP contribution is -2.49. The Bertz CT molecular complexity index is 1230. The quantitative estimate of drug-likeness (QED) is 0.498. The number of amides is 1. The van der Waals surface area contributed by atoms with Crippen LogP contribution in [-0.2, 0) is 0 Å². The van der Waals surface area contributed by atoms with Gasteiger partial charge in [0.05, 0.1) is 5.69 Å².